The van der Waals surface area contributed by atoms with E-state index in [9.17, 15) is 0 Å². The quantitative estimate of drug-likeness (QED) is 0.691. The Bertz CT molecular complexity index is 654. The van der Waals surface area contributed by atoms with E-state index in [1.54, 1.807) is 16.0 Å². The van der Waals surface area contributed by atoms with Gasteiger partial charge in [-0.05, 0) is 17.5 Å². The molecule has 0 unspecified atom stereocenters. The summed E-state index contributed by atoms with van der Waals surface area (Å²) in [6.45, 7) is 0. The first-order valence-corrected chi connectivity index (χ1v) is 5.63. The van der Waals surface area contributed by atoms with Gasteiger partial charge in [-0.3, -0.25) is 4.68 Å². The van der Waals surface area contributed by atoms with Crippen molar-refractivity contribution in [3.8, 4) is 11.5 Å². The van der Waals surface area contributed by atoms with Gasteiger partial charge in [-0.25, -0.2) is 9.97 Å². The Morgan fingerprint density at radius 1 is 1.31 bits per heavy atom. The van der Waals surface area contributed by atoms with Crippen molar-refractivity contribution in [2.24, 2.45) is 7.05 Å². The van der Waals surface area contributed by atoms with Gasteiger partial charge in [-0.15, -0.1) is 11.3 Å². The summed E-state index contributed by atoms with van der Waals surface area (Å²) in [5, 5.41) is 7.12. The van der Waals surface area contributed by atoms with E-state index in [-0.39, 0.29) is 0 Å². The lowest BCUT2D eigenvalue weighted by atomic mass is 10.3. The van der Waals surface area contributed by atoms with Crippen LogP contribution in [0.5, 0.6) is 0 Å². The monoisotopic (exact) mass is 231 g/mol. The molecule has 6 heteroatoms. The van der Waals surface area contributed by atoms with Crippen LogP contribution in [-0.2, 0) is 7.05 Å². The van der Waals surface area contributed by atoms with Crippen LogP contribution in [0.25, 0.3) is 21.7 Å². The SMILES string of the molecule is Cn1ccc(-c2nc(N)c3ccsc3n2)n1. The van der Waals surface area contributed by atoms with Gasteiger partial charge in [0.1, 0.15) is 16.3 Å². The Balaban J connectivity index is 2.24. The predicted molar refractivity (Wildman–Crippen MR) is 64.0 cm³/mol. The van der Waals surface area contributed by atoms with Gasteiger partial charge >= 0.3 is 0 Å². The number of rotatable bonds is 1. The standard InChI is InChI=1S/C10H9N5S/c1-15-4-2-7(14-15)9-12-8(11)6-3-5-16-10(6)13-9/h2-5H,1H3,(H2,11,12,13). The third-order valence-corrected chi connectivity index (χ3v) is 3.10. The summed E-state index contributed by atoms with van der Waals surface area (Å²) in [6.07, 6.45) is 1.85. The molecule has 0 fully saturated rings. The summed E-state index contributed by atoms with van der Waals surface area (Å²) in [7, 11) is 1.86. The van der Waals surface area contributed by atoms with Crippen LogP contribution < -0.4 is 5.73 Å². The van der Waals surface area contributed by atoms with Crippen molar-refractivity contribution in [3.05, 3.63) is 23.7 Å². The van der Waals surface area contributed by atoms with Crippen LogP contribution in [0, 0.1) is 0 Å². The smallest absolute Gasteiger partial charge is 0.183 e. The fourth-order valence-electron chi connectivity index (χ4n) is 1.53. The van der Waals surface area contributed by atoms with Crippen LogP contribution in [0.15, 0.2) is 23.7 Å². The first kappa shape index (κ1) is 9.29. The summed E-state index contributed by atoms with van der Waals surface area (Å²) in [5.41, 5.74) is 6.61. The molecule has 0 radical (unpaired) electrons. The lowest BCUT2D eigenvalue weighted by Gasteiger charge is -1.99. The van der Waals surface area contributed by atoms with Gasteiger partial charge in [0.2, 0.25) is 0 Å². The van der Waals surface area contributed by atoms with Gasteiger partial charge in [-0.1, -0.05) is 0 Å². The molecular formula is C10H9N5S. The van der Waals surface area contributed by atoms with E-state index in [0.29, 0.717) is 11.6 Å². The van der Waals surface area contributed by atoms with Crippen LogP contribution in [0.1, 0.15) is 0 Å². The van der Waals surface area contributed by atoms with Crippen molar-refractivity contribution < 1.29 is 0 Å². The Labute approximate surface area is 95.6 Å². The first-order valence-electron chi connectivity index (χ1n) is 4.75. The molecule has 80 valence electrons. The van der Waals surface area contributed by atoms with Crippen molar-refractivity contribution in [1.29, 1.82) is 0 Å². The molecule has 3 rings (SSSR count). The molecule has 3 aromatic heterocycles. The largest absolute Gasteiger partial charge is 0.383 e. The van der Waals surface area contributed by atoms with Crippen LogP contribution in [0.3, 0.4) is 0 Å². The third kappa shape index (κ3) is 1.35. The van der Waals surface area contributed by atoms with Gasteiger partial charge in [0.15, 0.2) is 5.82 Å². The molecule has 0 saturated heterocycles. The fraction of sp³-hybridized carbons (Fsp3) is 0.100. The summed E-state index contributed by atoms with van der Waals surface area (Å²) in [4.78, 5) is 9.58. The zero-order chi connectivity index (χ0) is 11.1. The third-order valence-electron chi connectivity index (χ3n) is 2.30. The molecule has 0 aliphatic carbocycles. The van der Waals surface area contributed by atoms with Crippen molar-refractivity contribution in [2.75, 3.05) is 5.73 Å². The second-order valence-corrected chi connectivity index (χ2v) is 4.34. The number of aromatic nitrogens is 4. The van der Waals surface area contributed by atoms with Gasteiger partial charge in [-0.2, -0.15) is 5.10 Å². The average Bonchev–Trinajstić information content (AvgIpc) is 2.85. The second kappa shape index (κ2) is 3.28. The highest BCUT2D eigenvalue weighted by atomic mass is 32.1. The molecule has 16 heavy (non-hydrogen) atoms. The normalized spacial score (nSPS) is 11.1. The first-order chi connectivity index (χ1) is 7.74. The summed E-state index contributed by atoms with van der Waals surface area (Å²) < 4.78 is 1.72. The van der Waals surface area contributed by atoms with E-state index in [1.165, 1.54) is 0 Å². The molecule has 0 amide bonds. The second-order valence-electron chi connectivity index (χ2n) is 3.45. The molecular weight excluding hydrogens is 222 g/mol. The number of fused-ring (bicyclic) bond motifs is 1. The lowest BCUT2D eigenvalue weighted by Crippen LogP contribution is -1.97. The summed E-state index contributed by atoms with van der Waals surface area (Å²) in [5.74, 6) is 1.08. The maximum Gasteiger partial charge on any atom is 0.183 e. The number of hydrogen-bond acceptors (Lipinski definition) is 5. The molecule has 0 aliphatic rings. The van der Waals surface area contributed by atoms with Crippen LogP contribution in [-0.4, -0.2) is 19.7 Å². The van der Waals surface area contributed by atoms with Gasteiger partial charge in [0.25, 0.3) is 0 Å². The molecule has 0 bridgehead atoms. The van der Waals surface area contributed by atoms with Gasteiger partial charge in [0, 0.05) is 13.2 Å². The highest BCUT2D eigenvalue weighted by Crippen LogP contribution is 2.25. The molecule has 0 atom stereocenters. The minimum absolute atomic E-state index is 0.506. The Morgan fingerprint density at radius 2 is 2.19 bits per heavy atom. The number of hydrogen-bond donors (Lipinski definition) is 1. The summed E-state index contributed by atoms with van der Waals surface area (Å²) in [6, 6.07) is 3.80. The van der Waals surface area contributed by atoms with E-state index >= 15 is 0 Å². The molecule has 3 aromatic rings. The zero-order valence-electron chi connectivity index (χ0n) is 8.58. The van der Waals surface area contributed by atoms with Crippen LogP contribution in [0.2, 0.25) is 0 Å². The molecule has 3 heterocycles. The molecule has 0 saturated carbocycles. The van der Waals surface area contributed by atoms with E-state index in [0.717, 1.165) is 15.9 Å². The van der Waals surface area contributed by atoms with Gasteiger partial charge in [0.05, 0.1) is 5.39 Å². The zero-order valence-corrected chi connectivity index (χ0v) is 9.40. The minimum atomic E-state index is 0.506. The number of thiophene rings is 1. The molecule has 0 spiro atoms. The minimum Gasteiger partial charge on any atom is -0.383 e. The van der Waals surface area contributed by atoms with Crippen molar-refractivity contribution in [3.63, 3.8) is 0 Å². The van der Waals surface area contributed by atoms with E-state index in [1.807, 2.05) is 30.8 Å². The average molecular weight is 231 g/mol. The summed E-state index contributed by atoms with van der Waals surface area (Å²) >= 11 is 1.55. The molecule has 2 N–H and O–H groups in total. The molecule has 5 nitrogen and oxygen atoms in total. The van der Waals surface area contributed by atoms with E-state index < -0.39 is 0 Å². The van der Waals surface area contributed by atoms with Crippen molar-refractivity contribution in [1.82, 2.24) is 19.7 Å². The van der Waals surface area contributed by atoms with Crippen molar-refractivity contribution >= 4 is 27.4 Å². The lowest BCUT2D eigenvalue weighted by molar-refractivity contribution is 0.769. The Hall–Kier alpha value is -1.95. The number of nitrogens with zero attached hydrogens (tertiary/aromatic N) is 4. The van der Waals surface area contributed by atoms with Crippen LogP contribution in [0.4, 0.5) is 5.82 Å². The topological polar surface area (TPSA) is 69.6 Å². The van der Waals surface area contributed by atoms with Crippen LogP contribution >= 0.6 is 11.3 Å². The van der Waals surface area contributed by atoms with E-state index in [2.05, 4.69) is 15.1 Å². The maximum absolute atomic E-state index is 5.87. The Morgan fingerprint density at radius 3 is 2.94 bits per heavy atom. The Kier molecular flexibility index (Phi) is 1.90. The maximum atomic E-state index is 5.87. The predicted octanol–water partition coefficient (Wildman–Crippen LogP) is 1.67. The number of nitrogens with two attached hydrogens (primary N) is 1. The number of anilines is 1. The molecule has 0 aliphatic heterocycles. The number of aryl methyl sites for hydroxylation is 1. The fourth-order valence-corrected chi connectivity index (χ4v) is 2.30. The van der Waals surface area contributed by atoms with Gasteiger partial charge < -0.3 is 5.73 Å². The number of nitrogen functional groups attached to an aromatic ring is 1. The molecule has 0 aromatic carbocycles. The highest BCUT2D eigenvalue weighted by molar-refractivity contribution is 7.16. The van der Waals surface area contributed by atoms with E-state index in [4.69, 9.17) is 5.73 Å². The highest BCUT2D eigenvalue weighted by Gasteiger charge is 2.09. The van der Waals surface area contributed by atoms with Crippen molar-refractivity contribution in [2.45, 2.75) is 0 Å².